The second-order valence-corrected chi connectivity index (χ2v) is 7.12. The van der Waals surface area contributed by atoms with Crippen LogP contribution < -0.4 is 5.32 Å². The molecule has 1 N–H and O–H groups in total. The van der Waals surface area contributed by atoms with Crippen LogP contribution in [0.3, 0.4) is 0 Å². The molecule has 1 aliphatic rings. The van der Waals surface area contributed by atoms with Crippen molar-refractivity contribution in [3.63, 3.8) is 0 Å². The minimum Gasteiger partial charge on any atom is -0.354 e. The lowest BCUT2D eigenvalue weighted by atomic mass is 9.96. The first-order valence-electron chi connectivity index (χ1n) is 8.48. The highest BCUT2D eigenvalue weighted by molar-refractivity contribution is 5.94. The van der Waals surface area contributed by atoms with Crippen molar-refractivity contribution in [2.45, 2.75) is 59.0 Å². The smallest absolute Gasteiger partial charge is 0.245 e. The van der Waals surface area contributed by atoms with E-state index in [9.17, 15) is 9.59 Å². The van der Waals surface area contributed by atoms with E-state index >= 15 is 0 Å². The first-order chi connectivity index (χ1) is 10.8. The fraction of sp³-hybridized carbons (Fsp3) is 0.579. The number of hydrogen-bond donors (Lipinski definition) is 1. The highest BCUT2D eigenvalue weighted by atomic mass is 16.2. The predicted octanol–water partition coefficient (Wildman–Crippen LogP) is 3.04. The van der Waals surface area contributed by atoms with Gasteiger partial charge in [0.1, 0.15) is 5.54 Å². The molecule has 0 bridgehead atoms. The van der Waals surface area contributed by atoms with Crippen molar-refractivity contribution in [2.75, 3.05) is 6.54 Å². The number of carbonyl (C=O) groups is 2. The van der Waals surface area contributed by atoms with Gasteiger partial charge in [0.2, 0.25) is 11.8 Å². The Bertz CT molecular complexity index is 582. The molecule has 1 saturated heterocycles. The Morgan fingerprint density at radius 2 is 2.04 bits per heavy atom. The van der Waals surface area contributed by atoms with Crippen LogP contribution in [-0.4, -0.2) is 28.8 Å². The van der Waals surface area contributed by atoms with E-state index in [2.05, 4.69) is 19.2 Å². The lowest BCUT2D eigenvalue weighted by molar-refractivity contribution is -0.141. The van der Waals surface area contributed by atoms with Gasteiger partial charge in [-0.1, -0.05) is 38.1 Å². The molecule has 2 rings (SSSR count). The van der Waals surface area contributed by atoms with Gasteiger partial charge in [-0.05, 0) is 43.7 Å². The molecule has 126 valence electrons. The minimum atomic E-state index is -0.740. The molecule has 0 radical (unpaired) electrons. The Labute approximate surface area is 139 Å². The molecule has 4 nitrogen and oxygen atoms in total. The van der Waals surface area contributed by atoms with Crippen LogP contribution >= 0.6 is 0 Å². The third-order valence-corrected chi connectivity index (χ3v) is 4.81. The standard InChI is InChI=1S/C19H28N2O2/c1-14(2)10-12-20-18(23)19(4)11-9-17(22)21(19)13-16-8-6-5-7-15(16)3/h5-8,14H,9-13H2,1-4H3,(H,20,23)/t19-/m1/s1. The van der Waals surface area contributed by atoms with Crippen LogP contribution in [0, 0.1) is 12.8 Å². The van der Waals surface area contributed by atoms with Crippen LogP contribution in [0.25, 0.3) is 0 Å². The van der Waals surface area contributed by atoms with Gasteiger partial charge in [-0.25, -0.2) is 0 Å². The third kappa shape index (κ3) is 3.92. The summed E-state index contributed by atoms with van der Waals surface area (Å²) in [5.74, 6) is 0.587. The number of nitrogens with zero attached hydrogens (tertiary/aromatic N) is 1. The number of carbonyl (C=O) groups excluding carboxylic acids is 2. The van der Waals surface area contributed by atoms with Crippen LogP contribution in [0.5, 0.6) is 0 Å². The first kappa shape index (κ1) is 17.5. The molecule has 1 heterocycles. The van der Waals surface area contributed by atoms with E-state index in [1.165, 1.54) is 0 Å². The number of nitrogens with one attached hydrogen (secondary N) is 1. The Balaban J connectivity index is 2.11. The highest BCUT2D eigenvalue weighted by Gasteiger charge is 2.47. The summed E-state index contributed by atoms with van der Waals surface area (Å²) < 4.78 is 0. The van der Waals surface area contributed by atoms with Gasteiger partial charge in [0.05, 0.1) is 0 Å². The van der Waals surface area contributed by atoms with Crippen LogP contribution in [0.2, 0.25) is 0 Å². The summed E-state index contributed by atoms with van der Waals surface area (Å²) in [6.07, 6.45) is 1.98. The SMILES string of the molecule is Cc1ccccc1CN1C(=O)CC[C@]1(C)C(=O)NCCC(C)C. The van der Waals surface area contributed by atoms with Gasteiger partial charge in [-0.2, -0.15) is 0 Å². The van der Waals surface area contributed by atoms with Gasteiger partial charge in [0.25, 0.3) is 0 Å². The first-order valence-corrected chi connectivity index (χ1v) is 8.48. The summed E-state index contributed by atoms with van der Waals surface area (Å²) in [5.41, 5.74) is 1.51. The van der Waals surface area contributed by atoms with Crippen molar-refractivity contribution in [1.82, 2.24) is 10.2 Å². The van der Waals surface area contributed by atoms with Gasteiger partial charge in [-0.3, -0.25) is 9.59 Å². The average Bonchev–Trinajstić information content (AvgIpc) is 2.78. The van der Waals surface area contributed by atoms with Crippen LogP contribution in [0.1, 0.15) is 51.2 Å². The lowest BCUT2D eigenvalue weighted by Crippen LogP contribution is -2.54. The minimum absolute atomic E-state index is 0.0300. The second kappa shape index (κ2) is 7.16. The molecule has 0 spiro atoms. The Hall–Kier alpha value is -1.84. The van der Waals surface area contributed by atoms with Gasteiger partial charge in [-0.15, -0.1) is 0 Å². The van der Waals surface area contributed by atoms with Gasteiger partial charge in [0, 0.05) is 19.5 Å². The zero-order valence-electron chi connectivity index (χ0n) is 14.7. The van der Waals surface area contributed by atoms with E-state index in [4.69, 9.17) is 0 Å². The van der Waals surface area contributed by atoms with E-state index in [1.807, 2.05) is 38.1 Å². The summed E-state index contributed by atoms with van der Waals surface area (Å²) in [7, 11) is 0. The fourth-order valence-electron chi connectivity index (χ4n) is 3.02. The molecule has 0 aliphatic carbocycles. The van der Waals surface area contributed by atoms with E-state index in [0.29, 0.717) is 31.8 Å². The van der Waals surface area contributed by atoms with E-state index in [1.54, 1.807) is 4.90 Å². The van der Waals surface area contributed by atoms with Gasteiger partial charge in [0.15, 0.2) is 0 Å². The summed E-state index contributed by atoms with van der Waals surface area (Å²) in [6, 6.07) is 8.03. The van der Waals surface area contributed by atoms with Crippen molar-refractivity contribution in [3.8, 4) is 0 Å². The summed E-state index contributed by atoms with van der Waals surface area (Å²) in [4.78, 5) is 26.8. The molecule has 0 unspecified atom stereocenters. The molecule has 1 aliphatic heterocycles. The largest absolute Gasteiger partial charge is 0.354 e. The quantitative estimate of drug-likeness (QED) is 0.877. The van der Waals surface area contributed by atoms with Crippen molar-refractivity contribution >= 4 is 11.8 Å². The number of likely N-dealkylation sites (tertiary alicyclic amines) is 1. The molecule has 4 heteroatoms. The maximum atomic E-state index is 12.7. The van der Waals surface area contributed by atoms with E-state index < -0.39 is 5.54 Å². The van der Waals surface area contributed by atoms with Gasteiger partial charge >= 0.3 is 0 Å². The van der Waals surface area contributed by atoms with Crippen LogP contribution in [0.15, 0.2) is 24.3 Å². The second-order valence-electron chi connectivity index (χ2n) is 7.12. The molecule has 1 aromatic rings. The molecule has 1 fully saturated rings. The molecular formula is C19H28N2O2. The summed E-state index contributed by atoms with van der Waals surface area (Å²) >= 11 is 0. The van der Waals surface area contributed by atoms with Crippen molar-refractivity contribution in [1.29, 1.82) is 0 Å². The van der Waals surface area contributed by atoms with Crippen molar-refractivity contribution in [2.24, 2.45) is 5.92 Å². The molecule has 23 heavy (non-hydrogen) atoms. The monoisotopic (exact) mass is 316 g/mol. The number of benzene rings is 1. The predicted molar refractivity (Wildman–Crippen MR) is 91.8 cm³/mol. The Kier molecular flexibility index (Phi) is 5.45. The molecule has 1 atom stereocenters. The van der Waals surface area contributed by atoms with Gasteiger partial charge < -0.3 is 10.2 Å². The van der Waals surface area contributed by atoms with E-state index in [-0.39, 0.29) is 11.8 Å². The van der Waals surface area contributed by atoms with E-state index in [0.717, 1.165) is 17.5 Å². The molecular weight excluding hydrogens is 288 g/mol. The number of rotatable bonds is 6. The molecule has 1 aromatic carbocycles. The third-order valence-electron chi connectivity index (χ3n) is 4.81. The van der Waals surface area contributed by atoms with Crippen molar-refractivity contribution < 1.29 is 9.59 Å². The zero-order valence-corrected chi connectivity index (χ0v) is 14.7. The Morgan fingerprint density at radius 3 is 2.70 bits per heavy atom. The number of hydrogen-bond acceptors (Lipinski definition) is 2. The fourth-order valence-corrected chi connectivity index (χ4v) is 3.02. The normalized spacial score (nSPS) is 21.1. The van der Waals surface area contributed by atoms with Crippen LogP contribution in [0.4, 0.5) is 0 Å². The van der Waals surface area contributed by atoms with Crippen LogP contribution in [-0.2, 0) is 16.1 Å². The molecule has 0 saturated carbocycles. The maximum Gasteiger partial charge on any atom is 0.245 e. The van der Waals surface area contributed by atoms with Crippen molar-refractivity contribution in [3.05, 3.63) is 35.4 Å². The summed E-state index contributed by atoms with van der Waals surface area (Å²) in [6.45, 7) is 9.36. The highest BCUT2D eigenvalue weighted by Crippen LogP contribution is 2.32. The zero-order chi connectivity index (χ0) is 17.0. The topological polar surface area (TPSA) is 49.4 Å². The molecule has 0 aromatic heterocycles. The average molecular weight is 316 g/mol. The Morgan fingerprint density at radius 1 is 1.35 bits per heavy atom. The number of amides is 2. The maximum absolute atomic E-state index is 12.7. The summed E-state index contributed by atoms with van der Waals surface area (Å²) in [5, 5.41) is 3.01. The lowest BCUT2D eigenvalue weighted by Gasteiger charge is -2.34. The molecule has 2 amide bonds. The number of aryl methyl sites for hydroxylation is 1.